The number of nitrogens with zero attached hydrogens (tertiary/aromatic N) is 2. The van der Waals surface area contributed by atoms with Crippen molar-refractivity contribution in [3.8, 4) is 0 Å². The lowest BCUT2D eigenvalue weighted by atomic mass is 9.93. The van der Waals surface area contributed by atoms with Gasteiger partial charge in [-0.2, -0.15) is 0 Å². The first-order chi connectivity index (χ1) is 10.1. The van der Waals surface area contributed by atoms with Crippen LogP contribution in [0.2, 0.25) is 0 Å². The summed E-state index contributed by atoms with van der Waals surface area (Å²) in [6.45, 7) is 12.7. The van der Waals surface area contributed by atoms with E-state index < -0.39 is 0 Å². The molecule has 1 aromatic rings. The predicted molar refractivity (Wildman–Crippen MR) is 90.8 cm³/mol. The normalized spacial score (nSPS) is 19.8. The Morgan fingerprint density at radius 2 is 2.10 bits per heavy atom. The van der Waals surface area contributed by atoms with Gasteiger partial charge in [-0.1, -0.05) is 13.8 Å². The molecule has 2 unspecified atom stereocenters. The lowest BCUT2D eigenvalue weighted by Crippen LogP contribution is -2.25. The molecule has 0 radical (unpaired) electrons. The van der Waals surface area contributed by atoms with E-state index in [9.17, 15) is 0 Å². The zero-order valence-corrected chi connectivity index (χ0v) is 14.4. The minimum absolute atomic E-state index is 0.261. The van der Waals surface area contributed by atoms with Gasteiger partial charge in [0.2, 0.25) is 0 Å². The number of aromatic nitrogens is 1. The van der Waals surface area contributed by atoms with Crippen molar-refractivity contribution < 1.29 is 0 Å². The van der Waals surface area contributed by atoms with Gasteiger partial charge in [-0.05, 0) is 77.2 Å². The molecule has 0 bridgehead atoms. The number of fused-ring (bicyclic) bond motifs is 1. The molecule has 1 heterocycles. The molecule has 0 amide bonds. The highest BCUT2D eigenvalue weighted by atomic mass is 15.1. The third-order valence-corrected chi connectivity index (χ3v) is 5.13. The first-order valence-corrected chi connectivity index (χ1v) is 8.77. The second-order valence-electron chi connectivity index (χ2n) is 6.57. The predicted octanol–water partition coefficient (Wildman–Crippen LogP) is 3.82. The maximum Gasteiger partial charge on any atom is 0.0313 e. The molecule has 0 aliphatic heterocycles. The Hall–Kier alpha value is -0.800. The monoisotopic (exact) mass is 291 g/mol. The third kappa shape index (κ3) is 3.70. The van der Waals surface area contributed by atoms with Crippen LogP contribution < -0.4 is 5.73 Å². The van der Waals surface area contributed by atoms with Crippen LogP contribution in [0.3, 0.4) is 0 Å². The molecule has 1 aromatic heterocycles. The van der Waals surface area contributed by atoms with Crippen LogP contribution in [0.15, 0.2) is 6.07 Å². The molecule has 0 fully saturated rings. The van der Waals surface area contributed by atoms with E-state index in [4.69, 9.17) is 5.73 Å². The van der Waals surface area contributed by atoms with E-state index in [2.05, 4.69) is 43.2 Å². The summed E-state index contributed by atoms with van der Waals surface area (Å²) in [5.41, 5.74) is 10.6. The number of nitrogens with two attached hydrogens (primary N) is 1. The van der Waals surface area contributed by atoms with Crippen LogP contribution in [-0.4, -0.2) is 29.1 Å². The van der Waals surface area contributed by atoms with Crippen molar-refractivity contribution in [3.05, 3.63) is 23.0 Å². The highest BCUT2D eigenvalue weighted by molar-refractivity contribution is 5.33. The Morgan fingerprint density at radius 3 is 2.76 bits per heavy atom. The van der Waals surface area contributed by atoms with Crippen molar-refractivity contribution in [2.75, 3.05) is 19.6 Å². The molecule has 2 atom stereocenters. The van der Waals surface area contributed by atoms with Crippen molar-refractivity contribution in [2.45, 2.75) is 71.9 Å². The molecule has 0 saturated heterocycles. The third-order valence-electron chi connectivity index (χ3n) is 5.13. The van der Waals surface area contributed by atoms with Gasteiger partial charge in [0.15, 0.2) is 0 Å². The summed E-state index contributed by atoms with van der Waals surface area (Å²) in [4.78, 5) is 2.51. The molecule has 1 aliphatic rings. The molecule has 21 heavy (non-hydrogen) atoms. The fourth-order valence-electron chi connectivity index (χ4n) is 3.85. The summed E-state index contributed by atoms with van der Waals surface area (Å²) in [6.07, 6.45) is 6.13. The molecule has 2 N–H and O–H groups in total. The van der Waals surface area contributed by atoms with E-state index >= 15 is 0 Å². The molecular formula is C18H33N3. The standard InChI is InChI=1S/C18H33N3/c1-5-20(6-2)12-8-9-14(3)21-15(4)13-16-17(19)10-7-11-18(16)21/h13-14,17H,5-12,19H2,1-4H3. The van der Waals surface area contributed by atoms with E-state index in [1.165, 1.54) is 49.2 Å². The first-order valence-electron chi connectivity index (χ1n) is 8.77. The quantitative estimate of drug-likeness (QED) is 0.829. The summed E-state index contributed by atoms with van der Waals surface area (Å²) >= 11 is 0. The number of hydrogen-bond acceptors (Lipinski definition) is 2. The van der Waals surface area contributed by atoms with Crippen LogP contribution in [-0.2, 0) is 6.42 Å². The molecule has 3 nitrogen and oxygen atoms in total. The highest BCUT2D eigenvalue weighted by Crippen LogP contribution is 2.33. The Kier molecular flexibility index (Phi) is 5.88. The van der Waals surface area contributed by atoms with Gasteiger partial charge in [0.25, 0.3) is 0 Å². The molecule has 0 saturated carbocycles. The van der Waals surface area contributed by atoms with Crippen LogP contribution in [0.1, 0.15) is 75.5 Å². The van der Waals surface area contributed by atoms with E-state index in [1.807, 2.05) is 0 Å². The molecule has 3 heteroatoms. The summed E-state index contributed by atoms with van der Waals surface area (Å²) in [7, 11) is 0. The first kappa shape index (κ1) is 16.6. The van der Waals surface area contributed by atoms with E-state index in [-0.39, 0.29) is 6.04 Å². The Balaban J connectivity index is 2.01. The Morgan fingerprint density at radius 1 is 1.38 bits per heavy atom. The van der Waals surface area contributed by atoms with Crippen molar-refractivity contribution in [1.82, 2.24) is 9.47 Å². The maximum atomic E-state index is 6.28. The highest BCUT2D eigenvalue weighted by Gasteiger charge is 2.23. The molecule has 120 valence electrons. The smallest absolute Gasteiger partial charge is 0.0313 e. The van der Waals surface area contributed by atoms with Crippen LogP contribution >= 0.6 is 0 Å². The minimum Gasteiger partial charge on any atom is -0.346 e. The lowest BCUT2D eigenvalue weighted by molar-refractivity contribution is 0.287. The molecule has 0 spiro atoms. The number of aryl methyl sites for hydroxylation is 1. The summed E-state index contributed by atoms with van der Waals surface area (Å²) in [5.74, 6) is 0. The zero-order chi connectivity index (χ0) is 15.4. The zero-order valence-electron chi connectivity index (χ0n) is 14.4. The van der Waals surface area contributed by atoms with Gasteiger partial charge >= 0.3 is 0 Å². The van der Waals surface area contributed by atoms with Gasteiger partial charge in [0.05, 0.1) is 0 Å². The van der Waals surface area contributed by atoms with E-state index in [0.717, 1.165) is 19.5 Å². The Labute approximate surface area is 130 Å². The van der Waals surface area contributed by atoms with Crippen LogP contribution in [0.5, 0.6) is 0 Å². The van der Waals surface area contributed by atoms with Gasteiger partial charge in [-0.15, -0.1) is 0 Å². The second-order valence-corrected chi connectivity index (χ2v) is 6.57. The van der Waals surface area contributed by atoms with Crippen LogP contribution in [0.4, 0.5) is 0 Å². The molecule has 0 aromatic carbocycles. The maximum absolute atomic E-state index is 6.28. The van der Waals surface area contributed by atoms with E-state index in [1.54, 1.807) is 0 Å². The summed E-state index contributed by atoms with van der Waals surface area (Å²) in [6, 6.07) is 3.19. The van der Waals surface area contributed by atoms with Gasteiger partial charge in [0, 0.05) is 23.5 Å². The average molecular weight is 291 g/mol. The second kappa shape index (κ2) is 7.46. The molecule has 1 aliphatic carbocycles. The lowest BCUT2D eigenvalue weighted by Gasteiger charge is -2.25. The van der Waals surface area contributed by atoms with E-state index in [0.29, 0.717) is 6.04 Å². The van der Waals surface area contributed by atoms with Crippen molar-refractivity contribution in [3.63, 3.8) is 0 Å². The average Bonchev–Trinajstić information content (AvgIpc) is 2.81. The van der Waals surface area contributed by atoms with Crippen molar-refractivity contribution in [1.29, 1.82) is 0 Å². The number of hydrogen-bond donors (Lipinski definition) is 1. The minimum atomic E-state index is 0.261. The fraction of sp³-hybridized carbons (Fsp3) is 0.778. The van der Waals surface area contributed by atoms with Gasteiger partial charge in [-0.25, -0.2) is 0 Å². The summed E-state index contributed by atoms with van der Waals surface area (Å²) < 4.78 is 2.57. The molecular weight excluding hydrogens is 258 g/mol. The topological polar surface area (TPSA) is 34.2 Å². The van der Waals surface area contributed by atoms with Crippen LogP contribution in [0, 0.1) is 6.92 Å². The van der Waals surface area contributed by atoms with Crippen LogP contribution in [0.25, 0.3) is 0 Å². The largest absolute Gasteiger partial charge is 0.346 e. The fourth-order valence-corrected chi connectivity index (χ4v) is 3.85. The number of rotatable bonds is 7. The van der Waals surface area contributed by atoms with Gasteiger partial charge in [-0.3, -0.25) is 0 Å². The molecule has 2 rings (SSSR count). The van der Waals surface area contributed by atoms with Crippen molar-refractivity contribution >= 4 is 0 Å². The van der Waals surface area contributed by atoms with Gasteiger partial charge in [0.1, 0.15) is 0 Å². The SMILES string of the molecule is CCN(CC)CCCC(C)n1c(C)cc2c1CCCC2N. The van der Waals surface area contributed by atoms with Gasteiger partial charge < -0.3 is 15.2 Å². The summed E-state index contributed by atoms with van der Waals surface area (Å²) in [5, 5.41) is 0. The Bertz CT molecular complexity index is 446. The van der Waals surface area contributed by atoms with Crippen molar-refractivity contribution in [2.24, 2.45) is 5.73 Å².